The van der Waals surface area contributed by atoms with Crippen molar-refractivity contribution in [2.45, 2.75) is 39.3 Å². The summed E-state index contributed by atoms with van der Waals surface area (Å²) in [5.41, 5.74) is -0.535. The first-order valence-electron chi connectivity index (χ1n) is 11.8. The van der Waals surface area contributed by atoms with Gasteiger partial charge in [-0.1, -0.05) is 57.2 Å². The summed E-state index contributed by atoms with van der Waals surface area (Å²) in [6.45, 7) is 5.64. The van der Waals surface area contributed by atoms with Crippen LogP contribution in [0.25, 0.3) is 0 Å². The molecule has 36 heavy (non-hydrogen) atoms. The Labute approximate surface area is 209 Å². The van der Waals surface area contributed by atoms with Gasteiger partial charge < -0.3 is 26.0 Å². The molecule has 2 amide bonds. The van der Waals surface area contributed by atoms with Gasteiger partial charge in [-0.05, 0) is 30.0 Å². The number of anilines is 3. The average Bonchev–Trinajstić information content (AvgIpc) is 2.87. The smallest absolute Gasteiger partial charge is 0.257 e. The minimum atomic E-state index is -0.790. The van der Waals surface area contributed by atoms with Crippen LogP contribution in [0.4, 0.5) is 17.1 Å². The minimum absolute atomic E-state index is 0.0367. The largest absolute Gasteiger partial charge is 0.505 e. The van der Waals surface area contributed by atoms with Gasteiger partial charge in [-0.3, -0.25) is 19.2 Å². The highest BCUT2D eigenvalue weighted by Gasteiger charge is 2.30. The molecular formula is C27H32N4O5. The number of hydrogen-bond acceptors (Lipinski definition) is 7. The first-order valence-corrected chi connectivity index (χ1v) is 11.8. The zero-order valence-electron chi connectivity index (χ0n) is 21.1. The Hall–Kier alpha value is -4.14. The summed E-state index contributed by atoms with van der Waals surface area (Å²) in [6, 6.07) is 13.1. The molecule has 190 valence electrons. The van der Waals surface area contributed by atoms with Crippen LogP contribution in [0.3, 0.4) is 0 Å². The zero-order valence-corrected chi connectivity index (χ0v) is 21.1. The molecule has 3 rings (SSSR count). The second-order valence-electron chi connectivity index (χ2n) is 9.18. The molecule has 9 nitrogen and oxygen atoms in total. The van der Waals surface area contributed by atoms with Crippen LogP contribution in [0.2, 0.25) is 0 Å². The van der Waals surface area contributed by atoms with Crippen molar-refractivity contribution in [1.29, 1.82) is 0 Å². The number of nitrogens with one attached hydrogen (secondary N) is 3. The number of phenolic OH excluding ortho intramolecular Hbond substituents is 1. The molecule has 0 saturated carbocycles. The normalized spacial score (nSPS) is 12.7. The zero-order chi connectivity index (χ0) is 26.6. The third-order valence-corrected chi connectivity index (χ3v) is 6.02. The van der Waals surface area contributed by atoms with Crippen LogP contribution < -0.4 is 26.8 Å². The molecule has 0 bridgehead atoms. The van der Waals surface area contributed by atoms with Crippen molar-refractivity contribution >= 4 is 28.9 Å². The van der Waals surface area contributed by atoms with Crippen LogP contribution in [-0.2, 0) is 4.79 Å². The minimum Gasteiger partial charge on any atom is -0.505 e. The van der Waals surface area contributed by atoms with E-state index >= 15 is 0 Å². The highest BCUT2D eigenvalue weighted by atomic mass is 16.3. The molecule has 3 aromatic carbocycles. The predicted molar refractivity (Wildman–Crippen MR) is 141 cm³/mol. The van der Waals surface area contributed by atoms with Gasteiger partial charge in [0.25, 0.3) is 16.8 Å². The number of nitrogens with zero attached hydrogens (tertiary/aromatic N) is 1. The van der Waals surface area contributed by atoms with Gasteiger partial charge in [-0.15, -0.1) is 0 Å². The summed E-state index contributed by atoms with van der Waals surface area (Å²) in [5, 5.41) is 19.3. The Bertz CT molecular complexity index is 1310. The van der Waals surface area contributed by atoms with E-state index in [-0.39, 0.29) is 46.2 Å². The van der Waals surface area contributed by atoms with Crippen molar-refractivity contribution in [3.8, 4) is 5.75 Å². The second-order valence-corrected chi connectivity index (χ2v) is 9.18. The highest BCUT2D eigenvalue weighted by Crippen LogP contribution is 2.32. The molecule has 3 aromatic rings. The number of aromatic hydroxyl groups is 1. The third kappa shape index (κ3) is 5.40. The first-order chi connectivity index (χ1) is 17.1. The van der Waals surface area contributed by atoms with Crippen molar-refractivity contribution in [1.82, 2.24) is 10.2 Å². The van der Waals surface area contributed by atoms with Gasteiger partial charge in [0.1, 0.15) is 17.4 Å². The summed E-state index contributed by atoms with van der Waals surface area (Å²) in [5.74, 6) is -1.27. The van der Waals surface area contributed by atoms with Gasteiger partial charge in [0.2, 0.25) is 5.91 Å². The lowest BCUT2D eigenvalue weighted by atomic mass is 9.99. The molecule has 0 heterocycles. The fraction of sp³-hybridized carbons (Fsp3) is 0.333. The van der Waals surface area contributed by atoms with Crippen LogP contribution in [0.15, 0.2) is 58.1 Å². The topological polar surface area (TPSA) is 128 Å². The number of para-hydroxylation sites is 1. The van der Waals surface area contributed by atoms with Crippen LogP contribution in [0, 0.1) is 5.92 Å². The number of carbonyl (C=O) groups excluding carboxylic acids is 2. The van der Waals surface area contributed by atoms with Gasteiger partial charge in [-0.25, -0.2) is 0 Å². The van der Waals surface area contributed by atoms with E-state index in [9.17, 15) is 24.3 Å². The number of amides is 2. The number of phenols is 1. The first kappa shape index (κ1) is 26.5. The second kappa shape index (κ2) is 11.1. The van der Waals surface area contributed by atoms with E-state index in [1.165, 1.54) is 17.0 Å². The van der Waals surface area contributed by atoms with Gasteiger partial charge in [0.05, 0.1) is 17.3 Å². The van der Waals surface area contributed by atoms with Crippen molar-refractivity contribution in [2.24, 2.45) is 5.92 Å². The summed E-state index contributed by atoms with van der Waals surface area (Å²) in [6.07, 6.45) is 0.675. The number of hydrogen-bond donors (Lipinski definition) is 4. The molecule has 0 aliphatic rings. The predicted octanol–water partition coefficient (Wildman–Crippen LogP) is 3.14. The van der Waals surface area contributed by atoms with Crippen molar-refractivity contribution < 1.29 is 14.7 Å². The van der Waals surface area contributed by atoms with E-state index in [4.69, 9.17) is 0 Å². The van der Waals surface area contributed by atoms with E-state index in [0.29, 0.717) is 6.42 Å². The fourth-order valence-corrected chi connectivity index (χ4v) is 3.90. The number of benzene rings is 2. The molecule has 0 radical (unpaired) electrons. The Morgan fingerprint density at radius 3 is 2.17 bits per heavy atom. The van der Waals surface area contributed by atoms with E-state index < -0.39 is 22.8 Å². The van der Waals surface area contributed by atoms with E-state index in [0.717, 1.165) is 5.56 Å². The summed E-state index contributed by atoms with van der Waals surface area (Å²) < 4.78 is 0. The maximum Gasteiger partial charge on any atom is 0.257 e. The summed E-state index contributed by atoms with van der Waals surface area (Å²) >= 11 is 0. The van der Waals surface area contributed by atoms with Crippen molar-refractivity contribution in [2.75, 3.05) is 24.7 Å². The Morgan fingerprint density at radius 2 is 1.58 bits per heavy atom. The fourth-order valence-electron chi connectivity index (χ4n) is 3.90. The van der Waals surface area contributed by atoms with E-state index in [1.807, 2.05) is 51.1 Å². The lowest BCUT2D eigenvalue weighted by Crippen LogP contribution is -2.47. The van der Waals surface area contributed by atoms with E-state index in [2.05, 4.69) is 16.0 Å². The van der Waals surface area contributed by atoms with Gasteiger partial charge in [-0.2, -0.15) is 0 Å². The maximum atomic E-state index is 13.2. The van der Waals surface area contributed by atoms with E-state index in [1.54, 1.807) is 20.2 Å². The molecule has 9 heteroatoms. The Balaban J connectivity index is 1.84. The Kier molecular flexibility index (Phi) is 8.14. The molecule has 4 N–H and O–H groups in total. The lowest BCUT2D eigenvalue weighted by Gasteiger charge is -2.27. The van der Waals surface area contributed by atoms with Crippen LogP contribution in [0.5, 0.6) is 5.75 Å². The standard InChI is InChI=1S/C27H32N4O5/c1-6-18(16-11-8-7-9-12-16)29-26(35)20(15(2)3)30-22-21(24(33)25(22)34)28-19-14-10-13-17(23(19)32)27(36)31(4)5/h7-15,18,20,28,30,32H,6H2,1-5H3,(H,29,35). The molecule has 0 aliphatic carbocycles. The van der Waals surface area contributed by atoms with Gasteiger partial charge >= 0.3 is 0 Å². The monoisotopic (exact) mass is 492 g/mol. The molecule has 0 aliphatic heterocycles. The number of carbonyl (C=O) groups is 2. The van der Waals surface area contributed by atoms with Crippen LogP contribution in [0.1, 0.15) is 49.2 Å². The van der Waals surface area contributed by atoms with Gasteiger partial charge in [0, 0.05) is 14.1 Å². The molecule has 0 aromatic heterocycles. The summed E-state index contributed by atoms with van der Waals surface area (Å²) in [7, 11) is 3.11. The SMILES string of the molecule is CCC(NC(=O)C(Nc1c(Nc2cccc(C(=O)N(C)C)c2O)c(=O)c1=O)C(C)C)c1ccccc1. The van der Waals surface area contributed by atoms with Gasteiger partial charge in [0.15, 0.2) is 5.75 Å². The quantitative estimate of drug-likeness (QED) is 0.253. The molecular weight excluding hydrogens is 460 g/mol. The molecule has 2 unspecified atom stereocenters. The summed E-state index contributed by atoms with van der Waals surface area (Å²) in [4.78, 5) is 51.6. The lowest BCUT2D eigenvalue weighted by molar-refractivity contribution is -0.123. The molecule has 2 atom stereocenters. The molecule has 0 saturated heterocycles. The maximum absolute atomic E-state index is 13.2. The molecule has 0 fully saturated rings. The molecule has 0 spiro atoms. The highest BCUT2D eigenvalue weighted by molar-refractivity contribution is 5.99. The van der Waals surface area contributed by atoms with Crippen molar-refractivity contribution in [3.63, 3.8) is 0 Å². The van der Waals surface area contributed by atoms with Crippen molar-refractivity contribution in [3.05, 3.63) is 80.1 Å². The number of rotatable bonds is 10. The van der Waals surface area contributed by atoms with Crippen LogP contribution in [-0.4, -0.2) is 42.0 Å². The third-order valence-electron chi connectivity index (χ3n) is 6.02. The average molecular weight is 493 g/mol. The Morgan fingerprint density at radius 1 is 0.944 bits per heavy atom. The van der Waals surface area contributed by atoms with Crippen LogP contribution >= 0.6 is 0 Å².